The van der Waals surface area contributed by atoms with Gasteiger partial charge in [0.05, 0.1) is 39.0 Å². The Bertz CT molecular complexity index is 1800. The maximum atomic E-state index is 12.5. The summed E-state index contributed by atoms with van der Waals surface area (Å²) >= 11 is 0. The van der Waals surface area contributed by atoms with Crippen LogP contribution in [0.15, 0.2) is 0 Å². The van der Waals surface area contributed by atoms with Crippen LogP contribution in [0.1, 0.15) is 206 Å². The van der Waals surface area contributed by atoms with Gasteiger partial charge >= 0.3 is 23.9 Å². The highest BCUT2D eigenvalue weighted by atomic mass is 16.5. The van der Waals surface area contributed by atoms with Crippen molar-refractivity contribution in [1.82, 2.24) is 21.3 Å². The van der Waals surface area contributed by atoms with Gasteiger partial charge < -0.3 is 60.6 Å². The molecular formula is C57H98N4O19. The first kappa shape index (κ1) is 74.6. The third-order valence-corrected chi connectivity index (χ3v) is 13.4. The van der Waals surface area contributed by atoms with Crippen LogP contribution in [0.25, 0.3) is 0 Å². The highest BCUT2D eigenvalue weighted by molar-refractivity contribution is 5.87. The first-order chi connectivity index (χ1) is 38.4. The largest absolute Gasteiger partial charge is 0.481 e. The summed E-state index contributed by atoms with van der Waals surface area (Å²) < 4.78 is 21.4. The molecule has 8 N–H and O–H groups in total. The molecule has 0 saturated carbocycles. The van der Waals surface area contributed by atoms with Crippen molar-refractivity contribution in [1.29, 1.82) is 0 Å². The molecule has 23 heteroatoms. The number of aliphatic carboxylic acids is 4. The molecule has 0 aliphatic heterocycles. The molecule has 4 atom stereocenters. The van der Waals surface area contributed by atoms with Crippen LogP contribution in [0, 0.1) is 11.8 Å². The van der Waals surface area contributed by atoms with Crippen molar-refractivity contribution in [3.8, 4) is 0 Å². The van der Waals surface area contributed by atoms with E-state index in [1.54, 1.807) is 0 Å². The molecule has 4 amide bonds. The molecule has 80 heavy (non-hydrogen) atoms. The van der Waals surface area contributed by atoms with Crippen molar-refractivity contribution in [2.45, 2.75) is 219 Å². The zero-order valence-corrected chi connectivity index (χ0v) is 48.0. The summed E-state index contributed by atoms with van der Waals surface area (Å²) in [6.07, 6.45) is 18.0. The van der Waals surface area contributed by atoms with Crippen LogP contribution in [-0.4, -0.2) is 163 Å². The number of Topliss-reactive ketones (excluding diaryl/α,β-unsaturated/α-hetero) is 3. The van der Waals surface area contributed by atoms with Gasteiger partial charge in [-0.15, -0.1) is 0 Å². The zero-order valence-electron chi connectivity index (χ0n) is 48.0. The number of ketones is 3. The van der Waals surface area contributed by atoms with Gasteiger partial charge in [0.2, 0.25) is 23.6 Å². The fourth-order valence-corrected chi connectivity index (χ4v) is 8.58. The van der Waals surface area contributed by atoms with E-state index >= 15 is 0 Å². The van der Waals surface area contributed by atoms with E-state index in [4.69, 9.17) is 24.1 Å². The number of carbonyl (C=O) groups excluding carboxylic acids is 7. The van der Waals surface area contributed by atoms with Gasteiger partial charge in [-0.2, -0.15) is 0 Å². The molecule has 0 aromatic carbocycles. The number of nitrogens with one attached hydrogen (secondary N) is 4. The molecule has 0 heterocycles. The highest BCUT2D eigenvalue weighted by Gasteiger charge is 2.26. The summed E-state index contributed by atoms with van der Waals surface area (Å²) in [7, 11) is 0. The average molecular weight is 1140 g/mol. The molecule has 0 spiro atoms. The normalized spacial score (nSPS) is 12.6. The van der Waals surface area contributed by atoms with Crippen molar-refractivity contribution in [2.75, 3.05) is 65.9 Å². The molecule has 0 fully saturated rings. The lowest BCUT2D eigenvalue weighted by molar-refractivity contribution is -0.145. The number of carboxylic acids is 4. The molecule has 460 valence electrons. The molecule has 0 unspecified atom stereocenters. The molecule has 0 radical (unpaired) electrons. The second-order valence-electron chi connectivity index (χ2n) is 20.2. The standard InChI is InChI=1S/C57H98N4O19/c1-3-43(49(64)4-2)22-19-20-32-58-50(65)31-29-48(57(75)76)61-52(67)30-26-44(55(71)72)40-46(63)41-79-38-37-78-35-33-59-53(68)42-80-39-36-77-34-21-23-45(62)27-28-47(56(73)74)60-51(66)24-17-15-13-11-9-7-5-6-8-10-12-14-16-18-25-54(69)70/h43-44,47-48H,3-42H2,1-2H3,(H,58,65)(H,59,68)(H,60,66)(H,61,67)(H,69,70)(H,71,72)(H,73,74)(H,75,76)/t43-,44+,47-,48-/m0/s1. The Balaban J connectivity index is 3.98. The zero-order chi connectivity index (χ0) is 59.6. The van der Waals surface area contributed by atoms with Crippen molar-refractivity contribution in [2.24, 2.45) is 11.8 Å². The van der Waals surface area contributed by atoms with Gasteiger partial charge in [0.15, 0.2) is 5.78 Å². The Morgan fingerprint density at radius 2 is 0.863 bits per heavy atom. The van der Waals surface area contributed by atoms with Crippen LogP contribution < -0.4 is 21.3 Å². The summed E-state index contributed by atoms with van der Waals surface area (Å²) in [6.45, 7) is 4.48. The minimum atomic E-state index is -1.37. The SMILES string of the molecule is CCC(=O)[C@@H](CC)CCCCNC(=O)CC[C@H](NC(=O)CC[C@H](CC(=O)COCCOCCNC(=O)COCCOCCCC(=O)CC[C@H](NC(=O)CCCCCCCCCCCCCCCCC(=O)O)C(=O)O)C(=O)O)C(=O)O. The monoisotopic (exact) mass is 1140 g/mol. The van der Waals surface area contributed by atoms with Gasteiger partial charge in [-0.1, -0.05) is 97.3 Å². The van der Waals surface area contributed by atoms with Crippen molar-refractivity contribution in [3.63, 3.8) is 0 Å². The molecule has 0 rings (SSSR count). The Morgan fingerprint density at radius 1 is 0.375 bits per heavy atom. The minimum absolute atomic E-state index is 0.000777. The lowest BCUT2D eigenvalue weighted by Crippen LogP contribution is -2.42. The summed E-state index contributed by atoms with van der Waals surface area (Å²) in [6, 6.07) is -2.51. The van der Waals surface area contributed by atoms with E-state index in [9.17, 15) is 68.1 Å². The Hall–Kier alpha value is -5.39. The van der Waals surface area contributed by atoms with Gasteiger partial charge in [0, 0.05) is 77.0 Å². The number of amides is 4. The molecule has 0 aliphatic carbocycles. The van der Waals surface area contributed by atoms with Gasteiger partial charge in [-0.3, -0.25) is 43.2 Å². The molecule has 0 aromatic heterocycles. The molecular weight excluding hydrogens is 1040 g/mol. The third-order valence-electron chi connectivity index (χ3n) is 13.4. The third kappa shape index (κ3) is 45.4. The number of hydrogen-bond acceptors (Lipinski definition) is 15. The quantitative estimate of drug-likeness (QED) is 0.0311. The second kappa shape index (κ2) is 50.6. The van der Waals surface area contributed by atoms with E-state index in [-0.39, 0.29) is 140 Å². The molecule has 0 saturated heterocycles. The highest BCUT2D eigenvalue weighted by Crippen LogP contribution is 2.17. The van der Waals surface area contributed by atoms with Crippen LogP contribution in [0.4, 0.5) is 0 Å². The second-order valence-corrected chi connectivity index (χ2v) is 20.2. The average Bonchev–Trinajstić information content (AvgIpc) is 3.41. The van der Waals surface area contributed by atoms with Gasteiger partial charge in [0.1, 0.15) is 36.9 Å². The number of hydrogen-bond donors (Lipinski definition) is 8. The summed E-state index contributed by atoms with van der Waals surface area (Å²) in [5.74, 6) is -8.08. The van der Waals surface area contributed by atoms with Crippen LogP contribution in [0.3, 0.4) is 0 Å². The van der Waals surface area contributed by atoms with E-state index in [0.29, 0.717) is 32.2 Å². The van der Waals surface area contributed by atoms with E-state index in [1.165, 1.54) is 32.1 Å². The number of ether oxygens (including phenoxy) is 4. The van der Waals surface area contributed by atoms with E-state index < -0.39 is 72.5 Å². The van der Waals surface area contributed by atoms with Gasteiger partial charge in [-0.05, 0) is 57.8 Å². The van der Waals surface area contributed by atoms with E-state index in [1.807, 2.05) is 13.8 Å². The molecule has 0 bridgehead atoms. The maximum absolute atomic E-state index is 12.5. The smallest absolute Gasteiger partial charge is 0.326 e. The van der Waals surface area contributed by atoms with E-state index in [2.05, 4.69) is 21.3 Å². The van der Waals surface area contributed by atoms with Crippen molar-refractivity contribution < 1.29 is 92.1 Å². The molecule has 0 aromatic rings. The van der Waals surface area contributed by atoms with Crippen LogP contribution in [0.2, 0.25) is 0 Å². The minimum Gasteiger partial charge on any atom is -0.481 e. The summed E-state index contributed by atoms with van der Waals surface area (Å²) in [5, 5.41) is 47.6. The lowest BCUT2D eigenvalue weighted by atomic mass is 9.93. The van der Waals surface area contributed by atoms with E-state index in [0.717, 1.165) is 70.6 Å². The Labute approximate surface area is 473 Å². The Kier molecular flexibility index (Phi) is 47.2. The number of carbonyl (C=O) groups is 11. The van der Waals surface area contributed by atoms with Gasteiger partial charge in [0.25, 0.3) is 0 Å². The van der Waals surface area contributed by atoms with Gasteiger partial charge in [-0.25, -0.2) is 9.59 Å². The van der Waals surface area contributed by atoms with Crippen LogP contribution in [0.5, 0.6) is 0 Å². The lowest BCUT2D eigenvalue weighted by Gasteiger charge is -2.16. The maximum Gasteiger partial charge on any atom is 0.326 e. The topological polar surface area (TPSA) is 354 Å². The number of rotatable bonds is 58. The predicted molar refractivity (Wildman–Crippen MR) is 296 cm³/mol. The van der Waals surface area contributed by atoms with Crippen LogP contribution >= 0.6 is 0 Å². The fraction of sp³-hybridized carbons (Fsp3) is 0.807. The van der Waals surface area contributed by atoms with Crippen molar-refractivity contribution >= 4 is 64.9 Å². The Morgan fingerprint density at radius 3 is 1.40 bits per heavy atom. The first-order valence-corrected chi connectivity index (χ1v) is 29.3. The number of carboxylic acid groups (broad SMARTS) is 4. The van der Waals surface area contributed by atoms with Crippen LogP contribution in [-0.2, 0) is 71.7 Å². The fourth-order valence-electron chi connectivity index (χ4n) is 8.58. The summed E-state index contributed by atoms with van der Waals surface area (Å²) in [5.41, 5.74) is 0. The van der Waals surface area contributed by atoms with Crippen molar-refractivity contribution in [3.05, 3.63) is 0 Å². The summed E-state index contributed by atoms with van der Waals surface area (Å²) in [4.78, 5) is 132. The number of unbranched alkanes of at least 4 members (excludes halogenated alkanes) is 14. The molecule has 0 aliphatic rings. The first-order valence-electron chi connectivity index (χ1n) is 29.3. The predicted octanol–water partition coefficient (Wildman–Crippen LogP) is 6.28. The molecule has 23 nitrogen and oxygen atoms in total.